The molecule has 0 atom stereocenters. The number of aromatic nitrogens is 3. The van der Waals surface area contributed by atoms with Gasteiger partial charge in [-0.1, -0.05) is 18.2 Å². The van der Waals surface area contributed by atoms with Crippen molar-refractivity contribution in [3.05, 3.63) is 71.7 Å². The Morgan fingerprint density at radius 3 is 2.35 bits per heavy atom. The number of ether oxygens (including phenoxy) is 1. The molecule has 1 aromatic carbocycles. The molecule has 0 aliphatic carbocycles. The Balaban J connectivity index is 0.00000162. The van der Waals surface area contributed by atoms with Crippen LogP contribution in [0.5, 0.6) is 5.75 Å². The van der Waals surface area contributed by atoms with Gasteiger partial charge in [0.1, 0.15) is 11.6 Å². The molecule has 34 heavy (non-hydrogen) atoms. The third kappa shape index (κ3) is 6.09. The third-order valence-corrected chi connectivity index (χ3v) is 6.18. The highest BCUT2D eigenvalue weighted by Gasteiger charge is 2.23. The number of piperazine rings is 1. The van der Waals surface area contributed by atoms with Crippen LogP contribution in [-0.4, -0.2) is 59.2 Å². The molecule has 0 amide bonds. The molecule has 2 aromatic heterocycles. The summed E-state index contributed by atoms with van der Waals surface area (Å²) in [6.07, 6.45) is 4.86. The number of benzene rings is 1. The monoisotopic (exact) mass is 502 g/mol. The summed E-state index contributed by atoms with van der Waals surface area (Å²) in [6, 6.07) is 14.5. The molecule has 2 aliphatic heterocycles. The van der Waals surface area contributed by atoms with Gasteiger partial charge in [-0.15, -0.1) is 24.8 Å². The first-order valence-corrected chi connectivity index (χ1v) is 11.5. The third-order valence-electron chi connectivity index (χ3n) is 6.18. The van der Waals surface area contributed by atoms with E-state index in [4.69, 9.17) is 14.7 Å². The van der Waals surface area contributed by atoms with E-state index in [9.17, 15) is 0 Å². The van der Waals surface area contributed by atoms with Crippen molar-refractivity contribution >= 4 is 36.6 Å². The maximum Gasteiger partial charge on any atom is 0.225 e. The van der Waals surface area contributed by atoms with Gasteiger partial charge in [-0.25, -0.2) is 15.0 Å². The quantitative estimate of drug-likeness (QED) is 0.504. The Bertz CT molecular complexity index is 1030. The van der Waals surface area contributed by atoms with Gasteiger partial charge in [-0.05, 0) is 36.8 Å². The molecular weight excluding hydrogens is 471 g/mol. The highest BCUT2D eigenvalue weighted by Crippen LogP contribution is 2.23. The zero-order valence-electron chi connectivity index (χ0n) is 19.5. The molecule has 0 radical (unpaired) electrons. The molecular formula is C25H32Cl2N6O. The minimum absolute atomic E-state index is 0. The maximum absolute atomic E-state index is 5.55. The van der Waals surface area contributed by atoms with E-state index in [1.165, 1.54) is 16.8 Å². The van der Waals surface area contributed by atoms with Crippen LogP contribution in [0.2, 0.25) is 0 Å². The first-order valence-electron chi connectivity index (χ1n) is 11.5. The van der Waals surface area contributed by atoms with E-state index in [1.54, 1.807) is 0 Å². The second-order valence-electron chi connectivity index (χ2n) is 8.34. The fourth-order valence-corrected chi connectivity index (χ4v) is 4.44. The predicted molar refractivity (Wildman–Crippen MR) is 141 cm³/mol. The lowest BCUT2D eigenvalue weighted by Gasteiger charge is -2.36. The van der Waals surface area contributed by atoms with Gasteiger partial charge in [0.05, 0.1) is 12.3 Å². The number of nitrogens with zero attached hydrogens (tertiary/aromatic N) is 6. The lowest BCUT2D eigenvalue weighted by atomic mass is 10.1. The average molecular weight is 503 g/mol. The van der Waals surface area contributed by atoms with Crippen molar-refractivity contribution < 1.29 is 4.74 Å². The number of anilines is 2. The number of rotatable bonds is 6. The highest BCUT2D eigenvalue weighted by atomic mass is 35.5. The van der Waals surface area contributed by atoms with Crippen LogP contribution >= 0.6 is 24.8 Å². The fourth-order valence-electron chi connectivity index (χ4n) is 4.44. The van der Waals surface area contributed by atoms with Gasteiger partial charge in [0.15, 0.2) is 0 Å². The van der Waals surface area contributed by atoms with E-state index in [0.29, 0.717) is 6.61 Å². The molecule has 182 valence electrons. The lowest BCUT2D eigenvalue weighted by Crippen LogP contribution is -2.47. The summed E-state index contributed by atoms with van der Waals surface area (Å²) in [5.41, 5.74) is 3.75. The summed E-state index contributed by atoms with van der Waals surface area (Å²) in [5.74, 6) is 2.84. The van der Waals surface area contributed by atoms with E-state index in [2.05, 4.69) is 50.0 Å². The van der Waals surface area contributed by atoms with Crippen molar-refractivity contribution in [2.24, 2.45) is 0 Å². The van der Waals surface area contributed by atoms with Crippen LogP contribution in [0.25, 0.3) is 0 Å². The largest absolute Gasteiger partial charge is 0.494 e. The second-order valence-corrected chi connectivity index (χ2v) is 8.34. The molecule has 9 heteroatoms. The summed E-state index contributed by atoms with van der Waals surface area (Å²) in [4.78, 5) is 21.2. The Morgan fingerprint density at radius 1 is 0.882 bits per heavy atom. The standard InChI is InChI=1S/C25H30N6O.2ClH/c1-2-32-22-8-6-20(7-9-22)18-29-12-10-23-21(19-29)17-27-25(28-23)31-15-13-30(14-16-31)24-5-3-4-11-26-24;;/h3-9,11,17H,2,10,12-16,18-19H2,1H3;2*1H. The summed E-state index contributed by atoms with van der Waals surface area (Å²) in [5, 5.41) is 0. The smallest absolute Gasteiger partial charge is 0.225 e. The topological polar surface area (TPSA) is 57.6 Å². The number of hydrogen-bond donors (Lipinski definition) is 0. The van der Waals surface area contributed by atoms with Gasteiger partial charge in [-0.3, -0.25) is 4.90 Å². The molecule has 0 N–H and O–H groups in total. The Labute approximate surface area is 214 Å². The zero-order valence-corrected chi connectivity index (χ0v) is 21.1. The Kier molecular flexibility index (Phi) is 9.33. The van der Waals surface area contributed by atoms with Gasteiger partial charge in [0.2, 0.25) is 5.95 Å². The summed E-state index contributed by atoms with van der Waals surface area (Å²) < 4.78 is 5.55. The molecule has 0 saturated carbocycles. The second kappa shape index (κ2) is 12.2. The molecule has 5 rings (SSSR count). The van der Waals surface area contributed by atoms with E-state index in [0.717, 1.165) is 69.7 Å². The SMILES string of the molecule is CCOc1ccc(CN2CCc3nc(N4CCN(c5ccccn5)CC4)ncc3C2)cc1.Cl.Cl. The van der Waals surface area contributed by atoms with Crippen LogP contribution in [-0.2, 0) is 19.5 Å². The van der Waals surface area contributed by atoms with Crippen molar-refractivity contribution in [2.75, 3.05) is 49.1 Å². The van der Waals surface area contributed by atoms with Crippen LogP contribution in [0.4, 0.5) is 11.8 Å². The van der Waals surface area contributed by atoms with Crippen molar-refractivity contribution in [3.8, 4) is 5.75 Å². The first-order chi connectivity index (χ1) is 15.8. The van der Waals surface area contributed by atoms with E-state index < -0.39 is 0 Å². The maximum atomic E-state index is 5.55. The molecule has 4 heterocycles. The number of halogens is 2. The van der Waals surface area contributed by atoms with Crippen LogP contribution in [0.3, 0.4) is 0 Å². The van der Waals surface area contributed by atoms with E-state index in [-0.39, 0.29) is 24.8 Å². The normalized spacial score (nSPS) is 15.7. The van der Waals surface area contributed by atoms with E-state index in [1.807, 2.05) is 31.5 Å². The van der Waals surface area contributed by atoms with Crippen LogP contribution in [0.1, 0.15) is 23.7 Å². The zero-order chi connectivity index (χ0) is 21.8. The molecule has 1 fully saturated rings. The molecule has 2 aliphatic rings. The van der Waals surface area contributed by atoms with Gasteiger partial charge < -0.3 is 14.5 Å². The molecule has 3 aromatic rings. The molecule has 0 unspecified atom stereocenters. The predicted octanol–water partition coefficient (Wildman–Crippen LogP) is 4.00. The molecule has 0 spiro atoms. The highest BCUT2D eigenvalue weighted by molar-refractivity contribution is 5.85. The van der Waals surface area contributed by atoms with Gasteiger partial charge in [0.25, 0.3) is 0 Å². The number of fused-ring (bicyclic) bond motifs is 1. The lowest BCUT2D eigenvalue weighted by molar-refractivity contribution is 0.242. The minimum atomic E-state index is 0. The van der Waals surface area contributed by atoms with Gasteiger partial charge >= 0.3 is 0 Å². The average Bonchev–Trinajstić information content (AvgIpc) is 2.86. The first kappa shape index (κ1) is 26.0. The molecule has 0 bridgehead atoms. The van der Waals surface area contributed by atoms with Gasteiger partial charge in [0, 0.05) is 70.2 Å². The van der Waals surface area contributed by atoms with Crippen molar-refractivity contribution in [1.29, 1.82) is 0 Å². The van der Waals surface area contributed by atoms with Crippen LogP contribution in [0.15, 0.2) is 54.9 Å². The number of pyridine rings is 1. The van der Waals surface area contributed by atoms with E-state index >= 15 is 0 Å². The van der Waals surface area contributed by atoms with Crippen LogP contribution < -0.4 is 14.5 Å². The van der Waals surface area contributed by atoms with Crippen molar-refractivity contribution in [1.82, 2.24) is 19.9 Å². The fraction of sp³-hybridized carbons (Fsp3) is 0.400. The number of hydrogen-bond acceptors (Lipinski definition) is 7. The molecule has 1 saturated heterocycles. The molecule has 7 nitrogen and oxygen atoms in total. The summed E-state index contributed by atoms with van der Waals surface area (Å²) >= 11 is 0. The Hall–Kier alpha value is -2.61. The Morgan fingerprint density at radius 2 is 1.65 bits per heavy atom. The van der Waals surface area contributed by atoms with Crippen molar-refractivity contribution in [3.63, 3.8) is 0 Å². The van der Waals surface area contributed by atoms with Crippen molar-refractivity contribution in [2.45, 2.75) is 26.4 Å². The van der Waals surface area contributed by atoms with Gasteiger partial charge in [-0.2, -0.15) is 0 Å². The minimum Gasteiger partial charge on any atom is -0.494 e. The summed E-state index contributed by atoms with van der Waals surface area (Å²) in [7, 11) is 0. The van der Waals surface area contributed by atoms with Crippen LogP contribution in [0, 0.1) is 0 Å². The summed E-state index contributed by atoms with van der Waals surface area (Å²) in [6.45, 7) is 9.27.